The molecule has 2 unspecified atom stereocenters. The van der Waals surface area contributed by atoms with E-state index in [9.17, 15) is 4.79 Å². The lowest BCUT2D eigenvalue weighted by Crippen LogP contribution is -2.38. The summed E-state index contributed by atoms with van der Waals surface area (Å²) in [6.45, 7) is 10.5. The number of hydrogen-bond donors (Lipinski definition) is 2. The molecule has 4 heteroatoms. The van der Waals surface area contributed by atoms with Gasteiger partial charge in [-0.3, -0.25) is 4.79 Å². The summed E-state index contributed by atoms with van der Waals surface area (Å²) < 4.78 is 5.80. The second kappa shape index (κ2) is 8.67. The normalized spacial score (nSPS) is 13.8. The van der Waals surface area contributed by atoms with Gasteiger partial charge in [0.1, 0.15) is 5.75 Å². The fraction of sp³-hybridized carbons (Fsp3) is 0.588. The molecule has 0 saturated carbocycles. The van der Waals surface area contributed by atoms with Gasteiger partial charge in [-0.25, -0.2) is 0 Å². The molecule has 0 fully saturated rings. The maximum Gasteiger partial charge on any atom is 0.234 e. The molecule has 0 aliphatic carbocycles. The zero-order chi connectivity index (χ0) is 15.8. The molecule has 21 heavy (non-hydrogen) atoms. The van der Waals surface area contributed by atoms with E-state index >= 15 is 0 Å². The summed E-state index contributed by atoms with van der Waals surface area (Å²) in [5.74, 6) is 0.831. The van der Waals surface area contributed by atoms with Crippen LogP contribution in [0.2, 0.25) is 0 Å². The van der Waals surface area contributed by atoms with Crippen molar-refractivity contribution in [2.75, 3.05) is 6.54 Å². The van der Waals surface area contributed by atoms with Crippen molar-refractivity contribution in [2.45, 2.75) is 59.2 Å². The maximum absolute atomic E-state index is 12.0. The molecule has 0 aliphatic rings. The number of carbonyl (C=O) groups is 1. The van der Waals surface area contributed by atoms with Gasteiger partial charge in [-0.2, -0.15) is 0 Å². The molecule has 1 rings (SSSR count). The Bertz CT molecular complexity index is 446. The Labute approximate surface area is 128 Å². The second-order valence-corrected chi connectivity index (χ2v) is 5.68. The summed E-state index contributed by atoms with van der Waals surface area (Å²) in [5.41, 5.74) is 1.00. The van der Waals surface area contributed by atoms with Gasteiger partial charge >= 0.3 is 0 Å². The number of hydrogen-bond acceptors (Lipinski definition) is 3. The summed E-state index contributed by atoms with van der Waals surface area (Å²) in [7, 11) is 0. The zero-order valence-electron chi connectivity index (χ0n) is 13.8. The largest absolute Gasteiger partial charge is 0.491 e. The van der Waals surface area contributed by atoms with E-state index in [1.54, 1.807) is 0 Å². The Kier molecular flexibility index (Phi) is 7.23. The standard InChI is InChI=1S/C17H28N2O2/c1-6-13(4)18-11-17(20)19-14(5)15-9-7-8-10-16(15)21-12(2)3/h7-10,12-14,18H,6,11H2,1-5H3,(H,19,20). The molecule has 1 aromatic carbocycles. The smallest absolute Gasteiger partial charge is 0.234 e. The summed E-state index contributed by atoms with van der Waals surface area (Å²) in [4.78, 5) is 12.0. The van der Waals surface area contributed by atoms with Crippen LogP contribution in [0.15, 0.2) is 24.3 Å². The van der Waals surface area contributed by atoms with E-state index in [4.69, 9.17) is 4.74 Å². The molecule has 0 saturated heterocycles. The van der Waals surface area contributed by atoms with Crippen LogP contribution in [0.3, 0.4) is 0 Å². The van der Waals surface area contributed by atoms with Crippen molar-refractivity contribution in [3.05, 3.63) is 29.8 Å². The van der Waals surface area contributed by atoms with Gasteiger partial charge in [0.15, 0.2) is 0 Å². The molecule has 118 valence electrons. The first-order chi connectivity index (χ1) is 9.93. The topological polar surface area (TPSA) is 50.4 Å². The maximum atomic E-state index is 12.0. The molecule has 1 aromatic rings. The lowest BCUT2D eigenvalue weighted by atomic mass is 10.1. The van der Waals surface area contributed by atoms with E-state index in [1.807, 2.05) is 45.0 Å². The molecular formula is C17H28N2O2. The third-order valence-corrected chi connectivity index (χ3v) is 3.35. The number of amides is 1. The average molecular weight is 292 g/mol. The van der Waals surface area contributed by atoms with Crippen molar-refractivity contribution < 1.29 is 9.53 Å². The average Bonchev–Trinajstić information content (AvgIpc) is 2.44. The summed E-state index contributed by atoms with van der Waals surface area (Å²) in [5, 5.41) is 6.20. The van der Waals surface area contributed by atoms with Crippen molar-refractivity contribution in [3.63, 3.8) is 0 Å². The predicted molar refractivity (Wildman–Crippen MR) is 86.5 cm³/mol. The minimum absolute atomic E-state index is 0.00199. The van der Waals surface area contributed by atoms with E-state index in [-0.39, 0.29) is 18.1 Å². The van der Waals surface area contributed by atoms with Gasteiger partial charge < -0.3 is 15.4 Å². The van der Waals surface area contributed by atoms with Gasteiger partial charge in [0, 0.05) is 11.6 Å². The van der Waals surface area contributed by atoms with Crippen molar-refractivity contribution in [1.29, 1.82) is 0 Å². The lowest BCUT2D eigenvalue weighted by molar-refractivity contribution is -0.121. The van der Waals surface area contributed by atoms with Crippen LogP contribution in [-0.2, 0) is 4.79 Å². The molecule has 0 heterocycles. The second-order valence-electron chi connectivity index (χ2n) is 5.68. The molecule has 4 nitrogen and oxygen atoms in total. The fourth-order valence-electron chi connectivity index (χ4n) is 1.98. The molecular weight excluding hydrogens is 264 g/mol. The highest BCUT2D eigenvalue weighted by Gasteiger charge is 2.14. The summed E-state index contributed by atoms with van der Waals surface area (Å²) in [6.07, 6.45) is 1.12. The van der Waals surface area contributed by atoms with Crippen LogP contribution in [-0.4, -0.2) is 24.6 Å². The third-order valence-electron chi connectivity index (χ3n) is 3.35. The number of rotatable bonds is 8. The molecule has 1 amide bonds. The summed E-state index contributed by atoms with van der Waals surface area (Å²) >= 11 is 0. The van der Waals surface area contributed by atoms with Gasteiger partial charge in [-0.1, -0.05) is 25.1 Å². The van der Waals surface area contributed by atoms with Gasteiger partial charge in [0.2, 0.25) is 5.91 Å². The Morgan fingerprint density at radius 3 is 2.48 bits per heavy atom. The Balaban J connectivity index is 2.62. The van der Waals surface area contributed by atoms with E-state index in [0.29, 0.717) is 12.6 Å². The van der Waals surface area contributed by atoms with E-state index in [2.05, 4.69) is 24.5 Å². The van der Waals surface area contributed by atoms with Crippen LogP contribution in [0.5, 0.6) is 5.75 Å². The minimum atomic E-state index is -0.0776. The fourth-order valence-corrected chi connectivity index (χ4v) is 1.98. The van der Waals surface area contributed by atoms with E-state index in [1.165, 1.54) is 0 Å². The first-order valence-electron chi connectivity index (χ1n) is 7.72. The van der Waals surface area contributed by atoms with Crippen molar-refractivity contribution in [1.82, 2.24) is 10.6 Å². The van der Waals surface area contributed by atoms with Crippen molar-refractivity contribution >= 4 is 5.91 Å². The van der Waals surface area contributed by atoms with Gasteiger partial charge in [-0.05, 0) is 40.2 Å². The van der Waals surface area contributed by atoms with Crippen LogP contribution in [0.25, 0.3) is 0 Å². The van der Waals surface area contributed by atoms with Crippen LogP contribution in [0, 0.1) is 0 Å². The highest BCUT2D eigenvalue weighted by atomic mass is 16.5. The number of benzene rings is 1. The molecule has 0 bridgehead atoms. The Morgan fingerprint density at radius 2 is 1.86 bits per heavy atom. The first-order valence-corrected chi connectivity index (χ1v) is 7.72. The van der Waals surface area contributed by atoms with Crippen LogP contribution >= 0.6 is 0 Å². The number of para-hydroxylation sites is 1. The van der Waals surface area contributed by atoms with Crippen molar-refractivity contribution in [3.8, 4) is 5.75 Å². The lowest BCUT2D eigenvalue weighted by Gasteiger charge is -2.20. The Hall–Kier alpha value is -1.55. The number of nitrogens with one attached hydrogen (secondary N) is 2. The zero-order valence-corrected chi connectivity index (χ0v) is 13.8. The van der Waals surface area contributed by atoms with Crippen LogP contribution in [0.4, 0.5) is 0 Å². The van der Waals surface area contributed by atoms with Gasteiger partial charge in [0.05, 0.1) is 18.7 Å². The first kappa shape index (κ1) is 17.5. The summed E-state index contributed by atoms with van der Waals surface area (Å²) in [6, 6.07) is 8.11. The molecule has 0 aliphatic heterocycles. The SMILES string of the molecule is CCC(C)NCC(=O)NC(C)c1ccccc1OC(C)C. The molecule has 0 radical (unpaired) electrons. The molecule has 0 spiro atoms. The number of ether oxygens (including phenoxy) is 1. The number of carbonyl (C=O) groups excluding carboxylic acids is 1. The van der Waals surface area contributed by atoms with E-state index in [0.717, 1.165) is 17.7 Å². The monoisotopic (exact) mass is 292 g/mol. The van der Waals surface area contributed by atoms with Crippen LogP contribution in [0.1, 0.15) is 52.6 Å². The van der Waals surface area contributed by atoms with Crippen molar-refractivity contribution in [2.24, 2.45) is 0 Å². The van der Waals surface area contributed by atoms with Gasteiger partial charge in [-0.15, -0.1) is 0 Å². The van der Waals surface area contributed by atoms with Gasteiger partial charge in [0.25, 0.3) is 0 Å². The van der Waals surface area contributed by atoms with Crippen LogP contribution < -0.4 is 15.4 Å². The quantitative estimate of drug-likeness (QED) is 0.774. The minimum Gasteiger partial charge on any atom is -0.491 e. The third kappa shape index (κ3) is 6.17. The molecule has 2 N–H and O–H groups in total. The van der Waals surface area contributed by atoms with E-state index < -0.39 is 0 Å². The predicted octanol–water partition coefficient (Wildman–Crippen LogP) is 3.04. The molecule has 2 atom stereocenters. The molecule has 0 aromatic heterocycles. The highest BCUT2D eigenvalue weighted by molar-refractivity contribution is 5.78. The Morgan fingerprint density at radius 1 is 1.19 bits per heavy atom. The highest BCUT2D eigenvalue weighted by Crippen LogP contribution is 2.25.